The normalized spacial score (nSPS) is 13.4. The maximum Gasteiger partial charge on any atom is 0.335 e. The molecular weight excluding hydrogens is 248 g/mol. The van der Waals surface area contributed by atoms with Crippen molar-refractivity contribution in [3.05, 3.63) is 36.4 Å². The van der Waals surface area contributed by atoms with Crippen molar-refractivity contribution in [1.29, 1.82) is 0 Å². The summed E-state index contributed by atoms with van der Waals surface area (Å²) in [6.07, 6.45) is 1.60. The third-order valence-corrected chi connectivity index (χ3v) is 2.62. The van der Waals surface area contributed by atoms with E-state index >= 15 is 0 Å². The zero-order chi connectivity index (χ0) is 14.5. The van der Waals surface area contributed by atoms with Crippen molar-refractivity contribution in [2.75, 3.05) is 20.8 Å². The van der Waals surface area contributed by atoms with Crippen molar-refractivity contribution in [3.8, 4) is 11.5 Å². The predicted molar refractivity (Wildman–Crippen MR) is 71.1 cm³/mol. The van der Waals surface area contributed by atoms with E-state index in [-0.39, 0.29) is 12.2 Å². The summed E-state index contributed by atoms with van der Waals surface area (Å²) in [5.74, 6) is -0.240. The Morgan fingerprint density at radius 2 is 2.11 bits per heavy atom. The number of methoxy groups -OCH3 is 2. The van der Waals surface area contributed by atoms with Crippen molar-refractivity contribution in [2.24, 2.45) is 0 Å². The van der Waals surface area contributed by atoms with Gasteiger partial charge in [0.15, 0.2) is 11.5 Å². The average Bonchev–Trinajstić information content (AvgIpc) is 2.38. The Morgan fingerprint density at radius 3 is 2.58 bits per heavy atom. The van der Waals surface area contributed by atoms with Crippen LogP contribution < -0.4 is 9.47 Å². The highest BCUT2D eigenvalue weighted by molar-refractivity contribution is 5.88. The summed E-state index contributed by atoms with van der Waals surface area (Å²) >= 11 is 0. The fourth-order valence-electron chi connectivity index (χ4n) is 1.56. The van der Waals surface area contributed by atoms with Gasteiger partial charge in [0.25, 0.3) is 0 Å². The van der Waals surface area contributed by atoms with Crippen LogP contribution in [0.1, 0.15) is 17.3 Å². The summed E-state index contributed by atoms with van der Waals surface area (Å²) in [5, 5.41) is 8.99. The van der Waals surface area contributed by atoms with Crippen molar-refractivity contribution in [1.82, 2.24) is 0 Å². The molecule has 19 heavy (non-hydrogen) atoms. The van der Waals surface area contributed by atoms with E-state index in [4.69, 9.17) is 19.3 Å². The molecule has 0 amide bonds. The molecule has 1 N–H and O–H groups in total. The largest absolute Gasteiger partial charge is 0.493 e. The second-order valence-electron chi connectivity index (χ2n) is 4.22. The molecule has 0 spiro atoms. The number of carboxylic acids is 1. The van der Waals surface area contributed by atoms with Crippen molar-refractivity contribution < 1.29 is 24.1 Å². The van der Waals surface area contributed by atoms with Gasteiger partial charge < -0.3 is 19.3 Å². The quantitative estimate of drug-likeness (QED) is 0.767. The van der Waals surface area contributed by atoms with Crippen LogP contribution in [-0.2, 0) is 4.74 Å². The Balaban J connectivity index is 3.12. The second-order valence-corrected chi connectivity index (χ2v) is 4.22. The predicted octanol–water partition coefficient (Wildman–Crippen LogP) is 2.36. The Labute approximate surface area is 112 Å². The first kappa shape index (κ1) is 15.0. The number of hydrogen-bond donors (Lipinski definition) is 1. The highest BCUT2D eigenvalue weighted by Crippen LogP contribution is 2.31. The Kier molecular flexibility index (Phi) is 4.94. The lowest BCUT2D eigenvalue weighted by atomic mass is 10.1. The third kappa shape index (κ3) is 3.72. The van der Waals surface area contributed by atoms with Crippen LogP contribution in [0.2, 0.25) is 0 Å². The molecule has 0 saturated carbocycles. The second kappa shape index (κ2) is 6.24. The van der Waals surface area contributed by atoms with Crippen molar-refractivity contribution >= 4 is 5.97 Å². The highest BCUT2D eigenvalue weighted by Gasteiger charge is 2.24. The maximum atomic E-state index is 11.0. The monoisotopic (exact) mass is 266 g/mol. The number of carboxylic acid groups (broad SMARTS) is 1. The summed E-state index contributed by atoms with van der Waals surface area (Å²) in [6.45, 7) is 5.78. The van der Waals surface area contributed by atoms with E-state index in [1.165, 1.54) is 19.2 Å². The van der Waals surface area contributed by atoms with Gasteiger partial charge in [0, 0.05) is 7.11 Å². The number of carbonyl (C=O) groups is 1. The van der Waals surface area contributed by atoms with Crippen LogP contribution in [0.5, 0.6) is 11.5 Å². The Morgan fingerprint density at radius 1 is 1.42 bits per heavy atom. The number of rotatable bonds is 7. The zero-order valence-corrected chi connectivity index (χ0v) is 11.3. The summed E-state index contributed by atoms with van der Waals surface area (Å²) in [7, 11) is 3.04. The molecule has 0 fully saturated rings. The number of ether oxygens (including phenoxy) is 3. The van der Waals surface area contributed by atoms with Gasteiger partial charge in [-0.15, -0.1) is 0 Å². The van der Waals surface area contributed by atoms with Crippen LogP contribution in [-0.4, -0.2) is 37.5 Å². The molecule has 0 aliphatic rings. The van der Waals surface area contributed by atoms with Crippen LogP contribution >= 0.6 is 0 Å². The minimum atomic E-state index is -1.03. The van der Waals surface area contributed by atoms with Gasteiger partial charge >= 0.3 is 5.97 Å². The molecule has 5 nitrogen and oxygen atoms in total. The first-order valence-electron chi connectivity index (χ1n) is 5.68. The minimum Gasteiger partial charge on any atom is -0.493 e. The van der Waals surface area contributed by atoms with Crippen LogP contribution in [0.15, 0.2) is 30.9 Å². The molecule has 0 aliphatic heterocycles. The lowest BCUT2D eigenvalue weighted by molar-refractivity contribution is 0.0375. The van der Waals surface area contributed by atoms with Gasteiger partial charge in [0.05, 0.1) is 19.3 Å². The molecule has 0 bridgehead atoms. The van der Waals surface area contributed by atoms with E-state index in [0.717, 1.165) is 0 Å². The summed E-state index contributed by atoms with van der Waals surface area (Å²) in [6, 6.07) is 4.42. The molecule has 1 aromatic rings. The zero-order valence-electron chi connectivity index (χ0n) is 11.3. The molecule has 0 aliphatic carbocycles. The lowest BCUT2D eigenvalue weighted by Crippen LogP contribution is -2.35. The summed E-state index contributed by atoms with van der Waals surface area (Å²) in [4.78, 5) is 11.0. The Hall–Kier alpha value is -2.01. The molecule has 1 rings (SSSR count). The smallest absolute Gasteiger partial charge is 0.335 e. The van der Waals surface area contributed by atoms with E-state index in [0.29, 0.717) is 11.5 Å². The average molecular weight is 266 g/mol. The van der Waals surface area contributed by atoms with E-state index < -0.39 is 11.6 Å². The van der Waals surface area contributed by atoms with E-state index in [2.05, 4.69) is 6.58 Å². The lowest BCUT2D eigenvalue weighted by Gasteiger charge is -2.27. The number of hydrogen-bond acceptors (Lipinski definition) is 4. The standard InChI is InChI=1S/C14H18O5/c1-5-14(2,9-17-3)19-12-8-10(13(15)16)6-7-11(12)18-4/h5-8H,1,9H2,2-4H3,(H,15,16). The van der Waals surface area contributed by atoms with Crippen LogP contribution in [0.4, 0.5) is 0 Å². The topological polar surface area (TPSA) is 65.0 Å². The van der Waals surface area contributed by atoms with Gasteiger partial charge in [0.1, 0.15) is 5.60 Å². The molecule has 1 atom stereocenters. The molecule has 1 unspecified atom stereocenters. The molecule has 0 aromatic heterocycles. The van der Waals surface area contributed by atoms with Crippen LogP contribution in [0.3, 0.4) is 0 Å². The first-order chi connectivity index (χ1) is 8.95. The van der Waals surface area contributed by atoms with E-state index in [9.17, 15) is 4.79 Å². The maximum absolute atomic E-state index is 11.0. The molecular formula is C14H18O5. The molecule has 104 valence electrons. The summed E-state index contributed by atoms with van der Waals surface area (Å²) in [5.41, 5.74) is -0.640. The van der Waals surface area contributed by atoms with E-state index in [1.54, 1.807) is 26.2 Å². The van der Waals surface area contributed by atoms with Gasteiger partial charge in [-0.2, -0.15) is 0 Å². The SMILES string of the molecule is C=CC(C)(COC)Oc1cc(C(=O)O)ccc1OC. The number of aromatic carboxylic acids is 1. The highest BCUT2D eigenvalue weighted by atomic mass is 16.6. The van der Waals surface area contributed by atoms with Gasteiger partial charge in [-0.05, 0) is 31.2 Å². The van der Waals surface area contributed by atoms with Gasteiger partial charge in [-0.3, -0.25) is 0 Å². The van der Waals surface area contributed by atoms with Gasteiger partial charge in [-0.25, -0.2) is 4.79 Å². The number of benzene rings is 1. The molecule has 0 radical (unpaired) electrons. The summed E-state index contributed by atoms with van der Waals surface area (Å²) < 4.78 is 16.0. The van der Waals surface area contributed by atoms with Gasteiger partial charge in [0.2, 0.25) is 0 Å². The van der Waals surface area contributed by atoms with Crippen LogP contribution in [0.25, 0.3) is 0 Å². The minimum absolute atomic E-state index is 0.125. The molecule has 0 heterocycles. The molecule has 1 aromatic carbocycles. The fraction of sp³-hybridized carbons (Fsp3) is 0.357. The molecule has 5 heteroatoms. The Bertz CT molecular complexity index is 469. The third-order valence-electron chi connectivity index (χ3n) is 2.62. The first-order valence-corrected chi connectivity index (χ1v) is 5.68. The van der Waals surface area contributed by atoms with E-state index in [1.807, 2.05) is 0 Å². The molecule has 0 saturated heterocycles. The fourth-order valence-corrected chi connectivity index (χ4v) is 1.56. The van der Waals surface area contributed by atoms with Crippen LogP contribution in [0, 0.1) is 0 Å². The van der Waals surface area contributed by atoms with Crippen molar-refractivity contribution in [3.63, 3.8) is 0 Å². The van der Waals surface area contributed by atoms with Gasteiger partial charge in [-0.1, -0.05) is 6.58 Å². The van der Waals surface area contributed by atoms with Crippen molar-refractivity contribution in [2.45, 2.75) is 12.5 Å².